The molecule has 2 rings (SSSR count). The molecular formula is C17H23NO2. The fourth-order valence-electron chi connectivity index (χ4n) is 2.01. The Morgan fingerprint density at radius 3 is 2.60 bits per heavy atom. The van der Waals surface area contributed by atoms with E-state index in [0.717, 1.165) is 43.0 Å². The van der Waals surface area contributed by atoms with E-state index < -0.39 is 0 Å². The molecule has 0 fully saturated rings. The third kappa shape index (κ3) is 4.14. The van der Waals surface area contributed by atoms with Gasteiger partial charge in [0.25, 0.3) is 0 Å². The smallest absolute Gasteiger partial charge is 0.124 e. The number of ether oxygens (including phenoxy) is 1. The van der Waals surface area contributed by atoms with Crippen molar-refractivity contribution in [2.45, 2.75) is 39.8 Å². The zero-order chi connectivity index (χ0) is 14.2. The van der Waals surface area contributed by atoms with Crippen LogP contribution in [0, 0.1) is 0 Å². The van der Waals surface area contributed by atoms with Gasteiger partial charge in [0.1, 0.15) is 18.1 Å². The zero-order valence-corrected chi connectivity index (χ0v) is 12.3. The molecule has 3 heteroatoms. The monoisotopic (exact) mass is 273 g/mol. The van der Waals surface area contributed by atoms with E-state index in [0.29, 0.717) is 6.61 Å². The normalized spacial score (nSPS) is 10.7. The molecule has 0 aliphatic carbocycles. The van der Waals surface area contributed by atoms with Gasteiger partial charge < -0.3 is 14.5 Å². The minimum Gasteiger partial charge on any atom is -0.489 e. The zero-order valence-electron chi connectivity index (χ0n) is 12.3. The van der Waals surface area contributed by atoms with Crippen LogP contribution in [0.3, 0.4) is 0 Å². The fraction of sp³-hybridized carbons (Fsp3) is 0.412. The summed E-state index contributed by atoms with van der Waals surface area (Å²) >= 11 is 0. The molecule has 3 nitrogen and oxygen atoms in total. The Morgan fingerprint density at radius 2 is 1.90 bits per heavy atom. The van der Waals surface area contributed by atoms with E-state index in [2.05, 4.69) is 31.3 Å². The second-order valence-corrected chi connectivity index (χ2v) is 4.83. The van der Waals surface area contributed by atoms with Crippen molar-refractivity contribution in [2.24, 2.45) is 0 Å². The summed E-state index contributed by atoms with van der Waals surface area (Å²) in [4.78, 5) is 0. The van der Waals surface area contributed by atoms with Gasteiger partial charge in [0.05, 0.1) is 12.8 Å². The summed E-state index contributed by atoms with van der Waals surface area (Å²) < 4.78 is 11.3. The molecule has 108 valence electrons. The van der Waals surface area contributed by atoms with E-state index in [1.807, 2.05) is 18.2 Å². The average molecular weight is 273 g/mol. The van der Waals surface area contributed by atoms with Crippen LogP contribution in [0.4, 0.5) is 0 Å². The van der Waals surface area contributed by atoms with Crippen LogP contribution in [-0.4, -0.2) is 6.54 Å². The molecule has 20 heavy (non-hydrogen) atoms. The molecule has 1 N–H and O–H groups in total. The third-order valence-electron chi connectivity index (χ3n) is 3.28. The Hall–Kier alpha value is -1.74. The van der Waals surface area contributed by atoms with Crippen molar-refractivity contribution in [3.63, 3.8) is 0 Å². The van der Waals surface area contributed by atoms with E-state index in [1.165, 1.54) is 5.56 Å². The summed E-state index contributed by atoms with van der Waals surface area (Å²) in [7, 11) is 0. The lowest BCUT2D eigenvalue weighted by Crippen LogP contribution is -2.14. The molecule has 0 aliphatic rings. The molecule has 0 saturated carbocycles. The molecule has 0 unspecified atom stereocenters. The molecule has 2 aromatic rings. The average Bonchev–Trinajstić information content (AvgIpc) is 2.93. The minimum absolute atomic E-state index is 0.547. The molecular weight excluding hydrogens is 250 g/mol. The van der Waals surface area contributed by atoms with E-state index in [9.17, 15) is 0 Å². The highest BCUT2D eigenvalue weighted by atomic mass is 16.5. The molecule has 0 saturated heterocycles. The minimum atomic E-state index is 0.547. The SMILES string of the molecule is CCCNCc1occc1COc1ccc(CC)cc1. The Morgan fingerprint density at radius 1 is 1.10 bits per heavy atom. The molecule has 1 heterocycles. The fourth-order valence-corrected chi connectivity index (χ4v) is 2.01. The number of hydrogen-bond acceptors (Lipinski definition) is 3. The van der Waals surface area contributed by atoms with Gasteiger partial charge in [0.15, 0.2) is 0 Å². The summed E-state index contributed by atoms with van der Waals surface area (Å²) in [6, 6.07) is 10.2. The lowest BCUT2D eigenvalue weighted by atomic mass is 10.2. The maximum absolute atomic E-state index is 5.81. The van der Waals surface area contributed by atoms with Crippen LogP contribution in [0.1, 0.15) is 37.2 Å². The first-order valence-electron chi connectivity index (χ1n) is 7.31. The van der Waals surface area contributed by atoms with Crippen LogP contribution in [-0.2, 0) is 19.6 Å². The number of hydrogen-bond donors (Lipinski definition) is 1. The summed E-state index contributed by atoms with van der Waals surface area (Å²) in [6.07, 6.45) is 3.90. The van der Waals surface area contributed by atoms with Gasteiger partial charge in [0, 0.05) is 5.56 Å². The van der Waals surface area contributed by atoms with Crippen molar-refractivity contribution in [3.8, 4) is 5.75 Å². The van der Waals surface area contributed by atoms with Crippen LogP contribution in [0.2, 0.25) is 0 Å². The number of furan rings is 1. The largest absolute Gasteiger partial charge is 0.489 e. The standard InChI is InChI=1S/C17H23NO2/c1-3-10-18-12-17-15(9-11-19-17)13-20-16-7-5-14(4-2)6-8-16/h5-9,11,18H,3-4,10,12-13H2,1-2H3. The molecule has 1 aromatic heterocycles. The summed E-state index contributed by atoms with van der Waals surface area (Å²) in [5.41, 5.74) is 2.43. The van der Waals surface area contributed by atoms with Crippen LogP contribution >= 0.6 is 0 Å². The highest BCUT2D eigenvalue weighted by molar-refractivity contribution is 5.28. The van der Waals surface area contributed by atoms with Gasteiger partial charge in [0.2, 0.25) is 0 Å². The van der Waals surface area contributed by atoms with Crippen molar-refractivity contribution in [1.82, 2.24) is 5.32 Å². The Balaban J connectivity index is 1.88. The highest BCUT2D eigenvalue weighted by Crippen LogP contribution is 2.17. The van der Waals surface area contributed by atoms with Crippen LogP contribution < -0.4 is 10.1 Å². The van der Waals surface area contributed by atoms with Crippen molar-refractivity contribution >= 4 is 0 Å². The molecule has 1 aromatic carbocycles. The van der Waals surface area contributed by atoms with E-state index in [-0.39, 0.29) is 0 Å². The number of nitrogens with one attached hydrogen (secondary N) is 1. The van der Waals surface area contributed by atoms with Crippen molar-refractivity contribution in [2.75, 3.05) is 6.54 Å². The Bertz CT molecular complexity index is 502. The highest BCUT2D eigenvalue weighted by Gasteiger charge is 2.06. The molecule has 0 bridgehead atoms. The first-order chi connectivity index (χ1) is 9.83. The second kappa shape index (κ2) is 7.75. The van der Waals surface area contributed by atoms with Gasteiger partial charge in [-0.05, 0) is 43.1 Å². The van der Waals surface area contributed by atoms with Gasteiger partial charge in [-0.3, -0.25) is 0 Å². The summed E-state index contributed by atoms with van der Waals surface area (Å²) in [5, 5.41) is 3.34. The molecule has 0 aliphatic heterocycles. The lowest BCUT2D eigenvalue weighted by molar-refractivity contribution is 0.301. The molecule has 0 radical (unpaired) electrons. The van der Waals surface area contributed by atoms with Crippen LogP contribution in [0.15, 0.2) is 41.0 Å². The van der Waals surface area contributed by atoms with Gasteiger partial charge in [-0.2, -0.15) is 0 Å². The second-order valence-electron chi connectivity index (χ2n) is 4.83. The number of aryl methyl sites for hydroxylation is 1. The van der Waals surface area contributed by atoms with Gasteiger partial charge in [-0.15, -0.1) is 0 Å². The van der Waals surface area contributed by atoms with E-state index >= 15 is 0 Å². The van der Waals surface area contributed by atoms with Gasteiger partial charge in [-0.1, -0.05) is 26.0 Å². The van der Waals surface area contributed by atoms with Crippen molar-refractivity contribution in [1.29, 1.82) is 0 Å². The topological polar surface area (TPSA) is 34.4 Å². The number of benzene rings is 1. The first-order valence-corrected chi connectivity index (χ1v) is 7.31. The lowest BCUT2D eigenvalue weighted by Gasteiger charge is -2.07. The molecule has 0 spiro atoms. The maximum Gasteiger partial charge on any atom is 0.124 e. The predicted molar refractivity (Wildman–Crippen MR) is 80.9 cm³/mol. The number of rotatable bonds is 8. The van der Waals surface area contributed by atoms with Crippen molar-refractivity contribution < 1.29 is 9.15 Å². The Kier molecular flexibility index (Phi) is 5.69. The third-order valence-corrected chi connectivity index (χ3v) is 3.28. The van der Waals surface area contributed by atoms with Gasteiger partial charge >= 0.3 is 0 Å². The van der Waals surface area contributed by atoms with Crippen molar-refractivity contribution in [3.05, 3.63) is 53.5 Å². The molecule has 0 amide bonds. The quantitative estimate of drug-likeness (QED) is 0.740. The van der Waals surface area contributed by atoms with Crippen LogP contribution in [0.25, 0.3) is 0 Å². The summed E-state index contributed by atoms with van der Waals surface area (Å²) in [5.74, 6) is 1.86. The summed E-state index contributed by atoms with van der Waals surface area (Å²) in [6.45, 7) is 6.61. The Labute approximate surface area is 121 Å². The molecule has 0 atom stereocenters. The first kappa shape index (κ1) is 14.7. The predicted octanol–water partition coefficient (Wildman–Crippen LogP) is 3.92. The van der Waals surface area contributed by atoms with E-state index in [1.54, 1.807) is 6.26 Å². The maximum atomic E-state index is 5.81. The van der Waals surface area contributed by atoms with Crippen LogP contribution in [0.5, 0.6) is 5.75 Å². The van der Waals surface area contributed by atoms with E-state index in [4.69, 9.17) is 9.15 Å². The van der Waals surface area contributed by atoms with Gasteiger partial charge in [-0.25, -0.2) is 0 Å².